The van der Waals surface area contributed by atoms with Gasteiger partial charge >= 0.3 is 0 Å². The summed E-state index contributed by atoms with van der Waals surface area (Å²) in [4.78, 5) is 18.9. The third-order valence-corrected chi connectivity index (χ3v) is 5.50. The normalized spacial score (nSPS) is 21.3. The molecule has 0 aliphatic carbocycles. The molecule has 5 nitrogen and oxygen atoms in total. The van der Waals surface area contributed by atoms with E-state index in [-0.39, 0.29) is 36.5 Å². The average Bonchev–Trinajstić information content (AvgIpc) is 2.61. The molecule has 27 heavy (non-hydrogen) atoms. The molecule has 2 aliphatic heterocycles. The number of rotatable bonds is 4. The van der Waals surface area contributed by atoms with Crippen molar-refractivity contribution in [3.8, 4) is 0 Å². The van der Waals surface area contributed by atoms with E-state index in [0.717, 1.165) is 32.7 Å². The lowest BCUT2D eigenvalue weighted by Gasteiger charge is -2.38. The van der Waals surface area contributed by atoms with Crippen molar-refractivity contribution in [1.29, 1.82) is 0 Å². The fourth-order valence-corrected chi connectivity index (χ4v) is 3.68. The molecule has 3 rings (SSSR count). The van der Waals surface area contributed by atoms with Crippen molar-refractivity contribution in [3.05, 3.63) is 34.6 Å². The largest absolute Gasteiger partial charge is 0.339 e. The molecule has 1 amide bonds. The van der Waals surface area contributed by atoms with E-state index in [1.165, 1.54) is 6.07 Å². The van der Waals surface area contributed by atoms with E-state index in [1.807, 2.05) is 4.90 Å². The van der Waals surface area contributed by atoms with E-state index in [9.17, 15) is 9.18 Å². The van der Waals surface area contributed by atoms with Gasteiger partial charge < -0.3 is 10.2 Å². The number of benzene rings is 1. The Hall–Kier alpha value is -0.630. The van der Waals surface area contributed by atoms with Crippen LogP contribution in [0.4, 0.5) is 4.39 Å². The van der Waals surface area contributed by atoms with Crippen LogP contribution in [0.2, 0.25) is 5.02 Å². The zero-order valence-electron chi connectivity index (χ0n) is 15.5. The Morgan fingerprint density at radius 3 is 2.56 bits per heavy atom. The smallest absolute Gasteiger partial charge is 0.236 e. The van der Waals surface area contributed by atoms with Crippen molar-refractivity contribution in [2.75, 3.05) is 52.4 Å². The summed E-state index contributed by atoms with van der Waals surface area (Å²) in [7, 11) is 0. The zero-order chi connectivity index (χ0) is 17.8. The van der Waals surface area contributed by atoms with Gasteiger partial charge in [0.15, 0.2) is 0 Å². The average molecular weight is 442 g/mol. The van der Waals surface area contributed by atoms with Crippen LogP contribution in [-0.4, -0.2) is 79.0 Å². The first kappa shape index (κ1) is 24.4. The van der Waals surface area contributed by atoms with Gasteiger partial charge in [-0.1, -0.05) is 17.7 Å². The summed E-state index contributed by atoms with van der Waals surface area (Å²) in [6, 6.07) is 5.17. The maximum absolute atomic E-state index is 13.9. The van der Waals surface area contributed by atoms with E-state index < -0.39 is 0 Å². The van der Waals surface area contributed by atoms with E-state index in [4.69, 9.17) is 11.6 Å². The van der Waals surface area contributed by atoms with Crippen LogP contribution in [0.15, 0.2) is 18.2 Å². The summed E-state index contributed by atoms with van der Waals surface area (Å²) in [6.45, 7) is 8.77. The first-order chi connectivity index (χ1) is 12.0. The molecule has 0 radical (unpaired) electrons. The summed E-state index contributed by atoms with van der Waals surface area (Å²) in [5, 5.41) is 3.80. The summed E-state index contributed by atoms with van der Waals surface area (Å²) in [5.41, 5.74) is 0.540. The number of amides is 1. The van der Waals surface area contributed by atoms with Gasteiger partial charge in [0.1, 0.15) is 5.82 Å². The minimum atomic E-state index is -0.265. The van der Waals surface area contributed by atoms with Crippen molar-refractivity contribution in [3.63, 3.8) is 0 Å². The molecule has 9 heteroatoms. The highest BCUT2D eigenvalue weighted by atomic mass is 35.5. The maximum atomic E-state index is 13.9. The topological polar surface area (TPSA) is 38.8 Å². The standard InChI is InChI=1S/C18H26ClFN4O.2ClH/c1-14-11-21-5-6-24(14)13-18(25)23-9-7-22(8-10-23)12-15-16(19)3-2-4-17(15)20;;/h2-4,14,21H,5-13H2,1H3;2*1H/t14-;;/m1../s1. The van der Waals surface area contributed by atoms with E-state index >= 15 is 0 Å². The van der Waals surface area contributed by atoms with Gasteiger partial charge in [-0.05, 0) is 19.1 Å². The van der Waals surface area contributed by atoms with Gasteiger partial charge in [-0.15, -0.1) is 24.8 Å². The van der Waals surface area contributed by atoms with Crippen LogP contribution in [0.5, 0.6) is 0 Å². The lowest BCUT2D eigenvalue weighted by Crippen LogP contribution is -2.55. The Morgan fingerprint density at radius 1 is 1.22 bits per heavy atom. The van der Waals surface area contributed by atoms with E-state index in [1.54, 1.807) is 12.1 Å². The molecule has 1 aromatic rings. The minimum Gasteiger partial charge on any atom is -0.339 e. The summed E-state index contributed by atoms with van der Waals surface area (Å²) >= 11 is 6.11. The molecule has 2 fully saturated rings. The van der Waals surface area contributed by atoms with E-state index in [0.29, 0.717) is 42.8 Å². The predicted octanol–water partition coefficient (Wildman–Crippen LogP) is 2.26. The minimum absolute atomic E-state index is 0. The summed E-state index contributed by atoms with van der Waals surface area (Å²) in [5.74, 6) is -0.0731. The second kappa shape index (κ2) is 11.4. The fourth-order valence-electron chi connectivity index (χ4n) is 3.45. The van der Waals surface area contributed by atoms with Crippen molar-refractivity contribution < 1.29 is 9.18 Å². The number of piperazine rings is 2. The van der Waals surface area contributed by atoms with Crippen LogP contribution >= 0.6 is 36.4 Å². The van der Waals surface area contributed by atoms with Gasteiger partial charge in [0.25, 0.3) is 0 Å². The second-order valence-corrected chi connectivity index (χ2v) is 7.29. The molecule has 0 spiro atoms. The highest BCUT2D eigenvalue weighted by Crippen LogP contribution is 2.21. The summed E-state index contributed by atoms with van der Waals surface area (Å²) < 4.78 is 13.9. The molecule has 1 atom stereocenters. The van der Waals surface area contributed by atoms with E-state index in [2.05, 4.69) is 22.0 Å². The third-order valence-electron chi connectivity index (χ3n) is 5.15. The van der Waals surface area contributed by atoms with Crippen molar-refractivity contribution in [2.24, 2.45) is 0 Å². The molecule has 0 unspecified atom stereocenters. The molecule has 154 valence electrons. The van der Waals surface area contributed by atoms with Crippen molar-refractivity contribution >= 4 is 42.3 Å². The lowest BCUT2D eigenvalue weighted by atomic mass is 10.1. The van der Waals surface area contributed by atoms with Crippen LogP contribution in [0.3, 0.4) is 0 Å². The van der Waals surface area contributed by atoms with Gasteiger partial charge in [0.2, 0.25) is 5.91 Å². The summed E-state index contributed by atoms with van der Waals surface area (Å²) in [6.07, 6.45) is 0. The highest BCUT2D eigenvalue weighted by molar-refractivity contribution is 6.31. The first-order valence-electron chi connectivity index (χ1n) is 8.92. The Labute approximate surface area is 178 Å². The SMILES string of the molecule is C[C@@H]1CNCCN1CC(=O)N1CCN(Cc2c(F)cccc2Cl)CC1.Cl.Cl. The number of nitrogens with zero attached hydrogens (tertiary/aromatic N) is 3. The van der Waals surface area contributed by atoms with Gasteiger partial charge in [-0.25, -0.2) is 4.39 Å². The van der Waals surface area contributed by atoms with Crippen LogP contribution in [-0.2, 0) is 11.3 Å². The maximum Gasteiger partial charge on any atom is 0.236 e. The monoisotopic (exact) mass is 440 g/mol. The molecule has 0 bridgehead atoms. The zero-order valence-corrected chi connectivity index (χ0v) is 17.9. The number of carbonyl (C=O) groups is 1. The Bertz CT molecular complexity index is 594. The first-order valence-corrected chi connectivity index (χ1v) is 9.30. The lowest BCUT2D eigenvalue weighted by molar-refractivity contribution is -0.135. The van der Waals surface area contributed by atoms with Crippen LogP contribution < -0.4 is 5.32 Å². The fraction of sp³-hybridized carbons (Fsp3) is 0.611. The number of hydrogen-bond acceptors (Lipinski definition) is 4. The van der Waals surface area contributed by atoms with Crippen LogP contribution in [0.1, 0.15) is 12.5 Å². The molecule has 2 saturated heterocycles. The molecular formula is C18H28Cl3FN4O. The Balaban J connectivity index is 0.00000182. The molecule has 0 saturated carbocycles. The van der Waals surface area contributed by atoms with Crippen LogP contribution in [0.25, 0.3) is 0 Å². The molecule has 2 heterocycles. The van der Waals surface area contributed by atoms with Gasteiger partial charge in [-0.3, -0.25) is 14.6 Å². The van der Waals surface area contributed by atoms with Crippen molar-refractivity contribution in [2.45, 2.75) is 19.5 Å². The Kier molecular flexibility index (Phi) is 10.3. The molecule has 2 aliphatic rings. The highest BCUT2D eigenvalue weighted by Gasteiger charge is 2.26. The molecule has 0 aromatic heterocycles. The number of hydrogen-bond donors (Lipinski definition) is 1. The second-order valence-electron chi connectivity index (χ2n) is 6.88. The molecule has 1 aromatic carbocycles. The predicted molar refractivity (Wildman–Crippen MR) is 112 cm³/mol. The number of nitrogens with one attached hydrogen (secondary N) is 1. The quantitative estimate of drug-likeness (QED) is 0.778. The van der Waals surface area contributed by atoms with Gasteiger partial charge in [0, 0.05) is 69.0 Å². The molecule has 1 N–H and O–H groups in total. The third kappa shape index (κ3) is 6.44. The number of halogens is 4. The van der Waals surface area contributed by atoms with Crippen LogP contribution in [0, 0.1) is 5.82 Å². The number of carbonyl (C=O) groups excluding carboxylic acids is 1. The van der Waals surface area contributed by atoms with Crippen molar-refractivity contribution in [1.82, 2.24) is 20.0 Å². The molecular weight excluding hydrogens is 414 g/mol. The van der Waals surface area contributed by atoms with Gasteiger partial charge in [-0.2, -0.15) is 0 Å². The van der Waals surface area contributed by atoms with Gasteiger partial charge in [0.05, 0.1) is 6.54 Å². The Morgan fingerprint density at radius 2 is 1.93 bits per heavy atom.